The van der Waals surface area contributed by atoms with Gasteiger partial charge in [-0.2, -0.15) is 0 Å². The molecule has 0 unspecified atom stereocenters. The lowest BCUT2D eigenvalue weighted by atomic mass is 10.3. The second kappa shape index (κ2) is 5.00. The number of aromatic nitrogens is 3. The summed E-state index contributed by atoms with van der Waals surface area (Å²) < 4.78 is 5.04. The Bertz CT molecular complexity index is 471. The topological polar surface area (TPSA) is 73.9 Å². The molecule has 84 valence electrons. The molecule has 0 aliphatic heterocycles. The number of thiazole rings is 1. The summed E-state index contributed by atoms with van der Waals surface area (Å²) in [5.74, 6) is 0.542. The minimum atomic E-state index is 0.542. The van der Waals surface area contributed by atoms with Gasteiger partial charge in [0.25, 0.3) is 0 Å². The maximum absolute atomic E-state index is 5.47. The molecule has 0 aromatic carbocycles. The minimum Gasteiger partial charge on any atom is -0.481 e. The van der Waals surface area contributed by atoms with Crippen LogP contribution in [0.5, 0.6) is 5.88 Å². The Hall–Kier alpha value is -1.53. The zero-order valence-electron chi connectivity index (χ0n) is 8.88. The number of nitrogens with two attached hydrogens (primary N) is 1. The van der Waals surface area contributed by atoms with Gasteiger partial charge in [0.15, 0.2) is 0 Å². The predicted molar refractivity (Wildman–Crippen MR) is 62.5 cm³/mol. The van der Waals surface area contributed by atoms with Crippen molar-refractivity contribution in [1.82, 2.24) is 15.0 Å². The van der Waals surface area contributed by atoms with Crippen molar-refractivity contribution in [3.8, 4) is 16.6 Å². The van der Waals surface area contributed by atoms with E-state index >= 15 is 0 Å². The van der Waals surface area contributed by atoms with Crippen LogP contribution in [0, 0.1) is 0 Å². The maximum atomic E-state index is 5.47. The molecule has 2 heterocycles. The van der Waals surface area contributed by atoms with E-state index in [1.807, 2.05) is 5.38 Å². The van der Waals surface area contributed by atoms with Crippen molar-refractivity contribution in [2.24, 2.45) is 5.73 Å². The first kappa shape index (κ1) is 11.0. The maximum Gasteiger partial charge on any atom is 0.216 e. The molecule has 0 bridgehead atoms. The highest BCUT2D eigenvalue weighted by molar-refractivity contribution is 7.13. The Kier molecular flexibility index (Phi) is 3.43. The molecule has 6 heteroatoms. The van der Waals surface area contributed by atoms with Crippen molar-refractivity contribution in [1.29, 1.82) is 0 Å². The van der Waals surface area contributed by atoms with E-state index in [4.69, 9.17) is 10.5 Å². The third-order valence-corrected chi connectivity index (χ3v) is 2.94. The van der Waals surface area contributed by atoms with Gasteiger partial charge in [-0.05, 0) is 6.54 Å². The van der Waals surface area contributed by atoms with Crippen molar-refractivity contribution in [3.63, 3.8) is 0 Å². The Morgan fingerprint density at radius 3 is 3.06 bits per heavy atom. The molecule has 5 nitrogen and oxygen atoms in total. The molecular formula is C10H12N4OS. The molecule has 16 heavy (non-hydrogen) atoms. The van der Waals surface area contributed by atoms with Crippen LogP contribution in [-0.4, -0.2) is 28.6 Å². The zero-order chi connectivity index (χ0) is 11.4. The first-order valence-corrected chi connectivity index (χ1v) is 5.72. The van der Waals surface area contributed by atoms with Gasteiger partial charge in [0.1, 0.15) is 17.0 Å². The molecular weight excluding hydrogens is 224 g/mol. The number of hydrogen-bond donors (Lipinski definition) is 1. The van der Waals surface area contributed by atoms with Crippen LogP contribution in [0.2, 0.25) is 0 Å². The van der Waals surface area contributed by atoms with Gasteiger partial charge >= 0.3 is 0 Å². The number of ether oxygens (including phenoxy) is 1. The minimum absolute atomic E-state index is 0.542. The van der Waals surface area contributed by atoms with Gasteiger partial charge in [-0.25, -0.2) is 15.0 Å². The molecule has 0 aliphatic carbocycles. The first-order chi connectivity index (χ1) is 7.83. The Labute approximate surface area is 97.3 Å². The largest absolute Gasteiger partial charge is 0.481 e. The molecule has 0 spiro atoms. The van der Waals surface area contributed by atoms with Crippen LogP contribution < -0.4 is 10.5 Å². The Balaban J connectivity index is 2.27. The van der Waals surface area contributed by atoms with Gasteiger partial charge in [-0.1, -0.05) is 0 Å². The van der Waals surface area contributed by atoms with Crippen molar-refractivity contribution in [2.45, 2.75) is 6.42 Å². The van der Waals surface area contributed by atoms with E-state index in [0.717, 1.165) is 22.8 Å². The van der Waals surface area contributed by atoms with Crippen molar-refractivity contribution >= 4 is 11.3 Å². The lowest BCUT2D eigenvalue weighted by molar-refractivity contribution is 0.397. The molecule has 0 fully saturated rings. The zero-order valence-corrected chi connectivity index (χ0v) is 9.70. The number of hydrogen-bond acceptors (Lipinski definition) is 6. The fraction of sp³-hybridized carbons (Fsp3) is 0.300. The molecule has 0 saturated heterocycles. The molecule has 0 radical (unpaired) electrons. The smallest absolute Gasteiger partial charge is 0.216 e. The highest BCUT2D eigenvalue weighted by atomic mass is 32.1. The van der Waals surface area contributed by atoms with Crippen molar-refractivity contribution in [3.05, 3.63) is 23.5 Å². The molecule has 0 amide bonds. The third-order valence-electron chi connectivity index (χ3n) is 2.02. The highest BCUT2D eigenvalue weighted by Gasteiger charge is 2.07. The Morgan fingerprint density at radius 1 is 1.44 bits per heavy atom. The summed E-state index contributed by atoms with van der Waals surface area (Å²) in [6.07, 6.45) is 2.26. The van der Waals surface area contributed by atoms with Gasteiger partial charge in [-0.15, -0.1) is 11.3 Å². The first-order valence-electron chi connectivity index (χ1n) is 4.84. The summed E-state index contributed by atoms with van der Waals surface area (Å²) in [6.45, 7) is 0.607. The average molecular weight is 236 g/mol. The molecule has 0 saturated carbocycles. The van der Waals surface area contributed by atoms with Crippen LogP contribution in [-0.2, 0) is 6.42 Å². The van der Waals surface area contributed by atoms with Gasteiger partial charge < -0.3 is 10.5 Å². The lowest BCUT2D eigenvalue weighted by Crippen LogP contribution is -2.02. The van der Waals surface area contributed by atoms with Crippen molar-refractivity contribution < 1.29 is 4.74 Å². The van der Waals surface area contributed by atoms with Crippen LogP contribution in [0.15, 0.2) is 17.8 Å². The van der Waals surface area contributed by atoms with Crippen molar-refractivity contribution in [2.75, 3.05) is 13.7 Å². The van der Waals surface area contributed by atoms with E-state index in [9.17, 15) is 0 Å². The second-order valence-corrected chi connectivity index (χ2v) is 3.99. The SMILES string of the molecule is COc1cc(-c2nc(CCN)cs2)ncn1. The normalized spacial score (nSPS) is 10.4. The molecule has 0 aliphatic rings. The lowest BCUT2D eigenvalue weighted by Gasteiger charge is -1.99. The van der Waals surface area contributed by atoms with Gasteiger partial charge in [-0.3, -0.25) is 0 Å². The van der Waals surface area contributed by atoms with E-state index in [2.05, 4.69) is 15.0 Å². The summed E-state index contributed by atoms with van der Waals surface area (Å²) in [4.78, 5) is 12.5. The van der Waals surface area contributed by atoms with Crippen LogP contribution in [0.1, 0.15) is 5.69 Å². The summed E-state index contributed by atoms with van der Waals surface area (Å²) in [5.41, 5.74) is 7.25. The molecule has 2 aromatic heterocycles. The summed E-state index contributed by atoms with van der Waals surface area (Å²) in [6, 6.07) is 1.77. The van der Waals surface area contributed by atoms with E-state index in [1.54, 1.807) is 24.5 Å². The average Bonchev–Trinajstić information content (AvgIpc) is 2.78. The third kappa shape index (κ3) is 2.34. The number of nitrogens with zero attached hydrogens (tertiary/aromatic N) is 3. The fourth-order valence-electron chi connectivity index (χ4n) is 1.26. The van der Waals surface area contributed by atoms with Crippen LogP contribution in [0.3, 0.4) is 0 Å². The number of methoxy groups -OCH3 is 1. The van der Waals surface area contributed by atoms with E-state index in [1.165, 1.54) is 6.33 Å². The van der Waals surface area contributed by atoms with Gasteiger partial charge in [0.05, 0.1) is 12.8 Å². The van der Waals surface area contributed by atoms with E-state index in [-0.39, 0.29) is 0 Å². The predicted octanol–water partition coefficient (Wildman–Crippen LogP) is 1.11. The molecule has 0 atom stereocenters. The van der Waals surface area contributed by atoms with E-state index < -0.39 is 0 Å². The summed E-state index contributed by atoms with van der Waals surface area (Å²) in [7, 11) is 1.58. The molecule has 2 rings (SSSR count). The quantitative estimate of drug-likeness (QED) is 0.860. The fourth-order valence-corrected chi connectivity index (χ4v) is 2.08. The monoisotopic (exact) mass is 236 g/mol. The van der Waals surface area contributed by atoms with Crippen LogP contribution in [0.25, 0.3) is 10.7 Å². The van der Waals surface area contributed by atoms with Crippen LogP contribution in [0.4, 0.5) is 0 Å². The van der Waals surface area contributed by atoms with Crippen LogP contribution >= 0.6 is 11.3 Å². The number of rotatable bonds is 4. The van der Waals surface area contributed by atoms with Gasteiger partial charge in [0, 0.05) is 17.9 Å². The van der Waals surface area contributed by atoms with Gasteiger partial charge in [0.2, 0.25) is 5.88 Å². The summed E-state index contributed by atoms with van der Waals surface area (Å²) in [5, 5.41) is 2.86. The molecule has 2 aromatic rings. The second-order valence-electron chi connectivity index (χ2n) is 3.13. The van der Waals surface area contributed by atoms with E-state index in [0.29, 0.717) is 12.4 Å². The molecule has 2 N–H and O–H groups in total. The highest BCUT2D eigenvalue weighted by Crippen LogP contribution is 2.23. The summed E-state index contributed by atoms with van der Waals surface area (Å²) >= 11 is 1.55. The Morgan fingerprint density at radius 2 is 2.31 bits per heavy atom. The standard InChI is InChI=1S/C10H12N4OS/c1-15-9-4-8(12-6-13-9)10-14-7(2-3-11)5-16-10/h4-6H,2-3,11H2,1H3.